The molecule has 0 N–H and O–H groups in total. The van der Waals surface area contributed by atoms with Gasteiger partial charge in [-0.1, -0.05) is 134 Å². The Morgan fingerprint density at radius 3 is 0.763 bits per heavy atom. The molecule has 6 atom stereocenters. The van der Waals surface area contributed by atoms with Gasteiger partial charge in [0, 0.05) is 0 Å². The molecule has 0 radical (unpaired) electrons. The van der Waals surface area contributed by atoms with Crippen LogP contribution in [-0.4, -0.2) is 58.5 Å². The SMILES string of the molecule is CC(C)(C)C1CC2(CCC2)C1.CC(C)(C)C1CC2(CCCC2)C1.CC(C)(C)C1CCC2(CC1)CC2.CC(C)(C)OC1CC2(CCC2)C1.CC(C)(C)OC1CC2(CCCC2)C1.CC(C)(C)OC1CC2C(C1)C2(C)C.CC(C)(C)OC1CC2CC2C1.CC(C)(C)OC1CC2CCCC2C1. The molecule has 0 saturated heterocycles. The second-order valence-corrected chi connectivity index (χ2v) is 46.9. The first kappa shape index (κ1) is 80.9. The van der Waals surface area contributed by atoms with Crippen LogP contribution in [0.15, 0.2) is 0 Å². The van der Waals surface area contributed by atoms with Crippen LogP contribution in [0.25, 0.3) is 0 Å². The summed E-state index contributed by atoms with van der Waals surface area (Å²) in [6.45, 7) is 58.7. The van der Waals surface area contributed by atoms with Crippen molar-refractivity contribution in [3.8, 4) is 0 Å². The Bertz CT molecular complexity index is 2330. The second kappa shape index (κ2) is 30.2. The normalized spacial score (nSPS) is 33.5. The summed E-state index contributed by atoms with van der Waals surface area (Å²) < 4.78 is 29.8. The first-order chi connectivity index (χ1) is 44.4. The lowest BCUT2D eigenvalue weighted by molar-refractivity contribution is -0.165. The summed E-state index contributed by atoms with van der Waals surface area (Å²) >= 11 is 0. The van der Waals surface area contributed by atoms with Gasteiger partial charge in [-0.3, -0.25) is 0 Å². The molecule has 5 heteroatoms. The van der Waals surface area contributed by atoms with Crippen molar-refractivity contribution in [2.75, 3.05) is 0 Å². The Hall–Kier alpha value is -0.200. The van der Waals surface area contributed by atoms with Crippen molar-refractivity contribution in [3.05, 3.63) is 0 Å². The van der Waals surface area contributed by atoms with Crippen molar-refractivity contribution in [2.45, 2.75) is 483 Å². The number of hydrogen-bond donors (Lipinski definition) is 0. The van der Waals surface area contributed by atoms with Crippen molar-refractivity contribution < 1.29 is 23.7 Å². The van der Waals surface area contributed by atoms with Crippen molar-refractivity contribution in [2.24, 2.45) is 102 Å². The largest absolute Gasteiger partial charge is 0.373 e. The van der Waals surface area contributed by atoms with E-state index in [1.807, 2.05) is 0 Å². The molecule has 0 aromatic carbocycles. The summed E-state index contributed by atoms with van der Waals surface area (Å²) in [5.74, 6) is 9.08. The molecule has 566 valence electrons. The van der Waals surface area contributed by atoms with E-state index in [1.165, 1.54) is 205 Å². The van der Waals surface area contributed by atoms with Crippen LogP contribution in [0.3, 0.4) is 0 Å². The minimum absolute atomic E-state index is 0.0472. The van der Waals surface area contributed by atoms with E-state index in [1.54, 1.807) is 38.5 Å². The van der Waals surface area contributed by atoms with Crippen LogP contribution in [0.1, 0.15) is 424 Å². The van der Waals surface area contributed by atoms with E-state index < -0.39 is 0 Å². The molecule has 16 rings (SSSR count). The Kier molecular flexibility index (Phi) is 25.2. The van der Waals surface area contributed by atoms with E-state index in [9.17, 15) is 0 Å². The van der Waals surface area contributed by atoms with Gasteiger partial charge in [0.1, 0.15) is 0 Å². The fraction of sp³-hybridized carbons (Fsp3) is 1.00. The van der Waals surface area contributed by atoms with Crippen LogP contribution in [-0.2, 0) is 23.7 Å². The zero-order valence-corrected chi connectivity index (χ0v) is 70.0. The Labute approximate surface area is 604 Å². The van der Waals surface area contributed by atoms with Crippen LogP contribution >= 0.6 is 0 Å². The molecule has 5 nitrogen and oxygen atoms in total. The van der Waals surface area contributed by atoms with Gasteiger partial charge in [-0.2, -0.15) is 0 Å². The number of ether oxygens (including phenoxy) is 5. The smallest absolute Gasteiger partial charge is 0.0602 e. The molecule has 0 aliphatic heterocycles. The molecule has 0 bridgehead atoms. The van der Waals surface area contributed by atoms with Crippen LogP contribution in [0.4, 0.5) is 0 Å². The highest BCUT2D eigenvalue weighted by Gasteiger charge is 2.63. The average Bonchev–Trinajstić information content (AvgIpc) is 1.59. The third-order valence-corrected chi connectivity index (χ3v) is 29.3. The Balaban J connectivity index is 0.000000130. The van der Waals surface area contributed by atoms with Crippen LogP contribution in [0, 0.1) is 102 Å². The van der Waals surface area contributed by atoms with Gasteiger partial charge in [0.25, 0.3) is 0 Å². The van der Waals surface area contributed by atoms with Gasteiger partial charge < -0.3 is 23.7 Å². The Morgan fingerprint density at radius 2 is 0.495 bits per heavy atom. The molecule has 16 fully saturated rings. The van der Waals surface area contributed by atoms with Crippen molar-refractivity contribution >= 4 is 0 Å². The standard InChI is InChI=1S/3C12H22O.2C12H22.C11H20O.C11H20.C10H18O/c1-11(2,3)13-8-6-9-10(7-8)12(9,4)5;1-12(2,3)13-11-7-9-5-4-6-10(9)8-11;1-11(2,3)13-10-8-12(9-10)6-4-5-7-12;1-11(2,3)10-4-6-12(7-5-10)8-9-12;1-11(2,3)10-8-12(9-10)6-4-5-7-12;1-10(2,3)12-9-7-11(8-9)5-4-6-11;1-10(2,3)9-7-11(8-9)5-4-6-11;1-10(2,3)11-9-5-7-4-8(7)6-9/h8-10H,6-7H2,1-5H3;9-11H,4-8H2,1-3H3;10H,4-9H2,1-3H3;2*10H,4-9H2,1-3H3;9H,4-8H2,1-3H3;9H,4-8H2,1-3H3;7-9H,4-6H2,1-3H3. The lowest BCUT2D eigenvalue weighted by Gasteiger charge is -2.58. The van der Waals surface area contributed by atoms with Gasteiger partial charge in [-0.05, 0) is 392 Å². The topological polar surface area (TPSA) is 46.2 Å². The summed E-state index contributed by atoms with van der Waals surface area (Å²) in [6, 6.07) is 0. The van der Waals surface area contributed by atoms with Crippen LogP contribution in [0.5, 0.6) is 0 Å². The summed E-state index contributed by atoms with van der Waals surface area (Å²) in [5, 5.41) is 0. The highest BCUT2D eigenvalue weighted by atomic mass is 16.5. The van der Waals surface area contributed by atoms with Crippen molar-refractivity contribution in [1.29, 1.82) is 0 Å². The predicted molar refractivity (Wildman–Crippen MR) is 414 cm³/mol. The summed E-state index contributed by atoms with van der Waals surface area (Å²) in [7, 11) is 0. The monoisotopic (exact) mass is 1350 g/mol. The molecular weight excluding hydrogens is 1190 g/mol. The highest BCUT2D eigenvalue weighted by Crippen LogP contribution is 2.68. The maximum Gasteiger partial charge on any atom is 0.0602 e. The van der Waals surface area contributed by atoms with Gasteiger partial charge in [0.15, 0.2) is 0 Å². The minimum Gasteiger partial charge on any atom is -0.373 e. The molecule has 0 aromatic rings. The van der Waals surface area contributed by atoms with E-state index in [2.05, 4.69) is 180 Å². The molecule has 6 unspecified atom stereocenters. The third-order valence-electron chi connectivity index (χ3n) is 29.3. The van der Waals surface area contributed by atoms with Crippen LogP contribution in [0.2, 0.25) is 0 Å². The third kappa shape index (κ3) is 23.9. The molecule has 0 heterocycles. The first-order valence-electron chi connectivity index (χ1n) is 42.8. The van der Waals surface area contributed by atoms with E-state index in [-0.39, 0.29) is 28.0 Å². The molecular formula is C92H168O5. The zero-order chi connectivity index (χ0) is 71.5. The van der Waals surface area contributed by atoms with Gasteiger partial charge in [0.2, 0.25) is 0 Å². The van der Waals surface area contributed by atoms with Gasteiger partial charge in [-0.25, -0.2) is 0 Å². The fourth-order valence-corrected chi connectivity index (χ4v) is 22.6. The zero-order valence-electron chi connectivity index (χ0n) is 70.0. The number of fused-ring (bicyclic) bond motifs is 3. The lowest BCUT2D eigenvalue weighted by atomic mass is 9.47. The molecule has 0 aromatic heterocycles. The maximum atomic E-state index is 6.04. The van der Waals surface area contributed by atoms with Crippen molar-refractivity contribution in [1.82, 2.24) is 0 Å². The summed E-state index contributed by atoms with van der Waals surface area (Å²) in [5.41, 5.74) is 6.75. The quantitative estimate of drug-likeness (QED) is 0.275. The average molecular weight is 1350 g/mol. The minimum atomic E-state index is 0.0472. The van der Waals surface area contributed by atoms with Gasteiger partial charge in [0.05, 0.1) is 58.5 Å². The molecule has 97 heavy (non-hydrogen) atoms. The number of hydrogen-bond acceptors (Lipinski definition) is 5. The summed E-state index contributed by atoms with van der Waals surface area (Å²) in [6.07, 6.45) is 58.3. The maximum absolute atomic E-state index is 6.04. The fourth-order valence-electron chi connectivity index (χ4n) is 22.6. The van der Waals surface area contributed by atoms with E-state index >= 15 is 0 Å². The molecule has 16 aliphatic rings. The van der Waals surface area contributed by atoms with E-state index in [0.29, 0.717) is 52.2 Å². The lowest BCUT2D eigenvalue weighted by Crippen LogP contribution is -2.49. The van der Waals surface area contributed by atoms with Gasteiger partial charge >= 0.3 is 0 Å². The summed E-state index contributed by atoms with van der Waals surface area (Å²) in [4.78, 5) is 0. The first-order valence-corrected chi connectivity index (χ1v) is 42.8. The molecule has 16 saturated carbocycles. The van der Waals surface area contributed by atoms with Gasteiger partial charge in [-0.15, -0.1) is 0 Å². The molecule has 0 amide bonds. The number of rotatable bonds is 5. The Morgan fingerprint density at radius 1 is 0.227 bits per heavy atom. The van der Waals surface area contributed by atoms with Crippen LogP contribution < -0.4 is 0 Å². The predicted octanol–water partition coefficient (Wildman–Crippen LogP) is 27.5. The van der Waals surface area contributed by atoms with E-state index in [0.717, 1.165) is 80.3 Å². The van der Waals surface area contributed by atoms with Crippen molar-refractivity contribution in [3.63, 3.8) is 0 Å². The second-order valence-electron chi connectivity index (χ2n) is 46.9. The molecule has 5 spiro atoms. The molecule has 16 aliphatic carbocycles. The van der Waals surface area contributed by atoms with E-state index in [4.69, 9.17) is 23.7 Å². The highest BCUT2D eigenvalue weighted by molar-refractivity contribution is 5.11.